The van der Waals surface area contributed by atoms with Crippen LogP contribution in [-0.4, -0.2) is 18.0 Å². The number of nitrogens with one attached hydrogen (secondary N) is 1. The van der Waals surface area contributed by atoms with Crippen molar-refractivity contribution in [1.29, 1.82) is 0 Å². The summed E-state index contributed by atoms with van der Waals surface area (Å²) < 4.78 is 32.3. The van der Waals surface area contributed by atoms with Crippen molar-refractivity contribution in [2.45, 2.75) is 13.0 Å². The molecule has 0 spiro atoms. The lowest BCUT2D eigenvalue weighted by atomic mass is 10.2. The Morgan fingerprint density at radius 3 is 2.64 bits per heavy atom. The quantitative estimate of drug-likeness (QED) is 0.591. The minimum absolute atomic E-state index is 0.323. The van der Waals surface area contributed by atoms with Gasteiger partial charge in [0.05, 0.1) is 5.69 Å². The van der Waals surface area contributed by atoms with Gasteiger partial charge in [-0.05, 0) is 36.8 Å². The molecule has 2 aromatic rings. The number of hydrogen-bond acceptors (Lipinski definition) is 3. The normalized spacial score (nSPS) is 12.0. The molecule has 25 heavy (non-hydrogen) atoms. The molecule has 0 saturated carbocycles. The van der Waals surface area contributed by atoms with Crippen molar-refractivity contribution in [1.82, 2.24) is 0 Å². The van der Waals surface area contributed by atoms with E-state index < -0.39 is 29.6 Å². The van der Waals surface area contributed by atoms with Crippen LogP contribution in [0.15, 0.2) is 53.0 Å². The number of hydrogen-bond donors (Lipinski definition) is 1. The lowest BCUT2D eigenvalue weighted by Gasteiger charge is -2.13. The van der Waals surface area contributed by atoms with Crippen molar-refractivity contribution in [3.8, 4) is 0 Å². The highest BCUT2D eigenvalue weighted by Crippen LogP contribution is 2.18. The first-order chi connectivity index (χ1) is 11.9. The van der Waals surface area contributed by atoms with Crippen LogP contribution in [0.3, 0.4) is 0 Å². The van der Waals surface area contributed by atoms with Crippen molar-refractivity contribution in [2.24, 2.45) is 0 Å². The summed E-state index contributed by atoms with van der Waals surface area (Å²) in [6.45, 7) is 1.33. The van der Waals surface area contributed by atoms with Crippen LogP contribution in [0, 0.1) is 11.6 Å². The van der Waals surface area contributed by atoms with E-state index in [4.69, 9.17) is 4.74 Å². The van der Waals surface area contributed by atoms with E-state index in [0.29, 0.717) is 0 Å². The summed E-state index contributed by atoms with van der Waals surface area (Å²) in [6, 6.07) is 9.90. The van der Waals surface area contributed by atoms with Crippen LogP contribution in [0.25, 0.3) is 6.08 Å². The van der Waals surface area contributed by atoms with Crippen LogP contribution in [0.4, 0.5) is 14.5 Å². The number of rotatable bonds is 5. The maximum atomic E-state index is 13.5. The molecule has 0 aliphatic heterocycles. The van der Waals surface area contributed by atoms with Gasteiger partial charge in [0, 0.05) is 16.6 Å². The van der Waals surface area contributed by atoms with Gasteiger partial charge in [0.25, 0.3) is 5.91 Å². The minimum atomic E-state index is -1.18. The van der Waals surface area contributed by atoms with E-state index in [1.165, 1.54) is 19.1 Å². The first kappa shape index (κ1) is 18.8. The maximum Gasteiger partial charge on any atom is 0.331 e. The fourth-order valence-corrected chi connectivity index (χ4v) is 2.28. The Labute approximate surface area is 151 Å². The molecule has 1 amide bonds. The molecule has 1 N–H and O–H groups in total. The van der Waals surface area contributed by atoms with Crippen molar-refractivity contribution >= 4 is 39.6 Å². The van der Waals surface area contributed by atoms with Gasteiger partial charge in [-0.1, -0.05) is 34.1 Å². The molecule has 1 atom stereocenters. The zero-order valence-corrected chi connectivity index (χ0v) is 14.7. The molecule has 4 nitrogen and oxygen atoms in total. The number of benzene rings is 2. The molecule has 0 aliphatic carbocycles. The molecule has 0 aliphatic rings. The van der Waals surface area contributed by atoms with Gasteiger partial charge in [-0.15, -0.1) is 0 Å². The predicted molar refractivity (Wildman–Crippen MR) is 93.7 cm³/mol. The molecule has 130 valence electrons. The molecule has 7 heteroatoms. The van der Waals surface area contributed by atoms with Crippen molar-refractivity contribution in [3.63, 3.8) is 0 Å². The van der Waals surface area contributed by atoms with Crippen LogP contribution in [0.1, 0.15) is 12.5 Å². The van der Waals surface area contributed by atoms with Crippen LogP contribution >= 0.6 is 15.9 Å². The molecule has 0 radical (unpaired) electrons. The number of amides is 1. The highest BCUT2D eigenvalue weighted by atomic mass is 79.9. The Morgan fingerprint density at radius 2 is 1.92 bits per heavy atom. The Bertz CT molecular complexity index is 824. The minimum Gasteiger partial charge on any atom is -0.449 e. The third kappa shape index (κ3) is 5.49. The number of anilines is 1. The summed E-state index contributed by atoms with van der Waals surface area (Å²) in [4.78, 5) is 23.7. The van der Waals surface area contributed by atoms with Crippen molar-refractivity contribution in [2.75, 3.05) is 5.32 Å². The summed E-state index contributed by atoms with van der Waals surface area (Å²) in [5, 5.41) is 2.18. The van der Waals surface area contributed by atoms with Gasteiger partial charge in [-0.2, -0.15) is 0 Å². The maximum absolute atomic E-state index is 13.5. The second kappa shape index (κ2) is 8.53. The van der Waals surface area contributed by atoms with Gasteiger partial charge in [0.1, 0.15) is 11.6 Å². The average molecular weight is 410 g/mol. The number of ether oxygens (including phenoxy) is 1. The second-order valence-corrected chi connectivity index (χ2v) is 5.90. The standard InChI is InChI=1S/C18H14BrF2NO3/c1-11(18(24)22-16-10-13(20)7-8-15(16)21)25-17(23)9-6-12-4-2-3-5-14(12)19/h2-11H,1H3,(H,22,24)/b9-6+/t11-/m0/s1. The molecule has 0 unspecified atom stereocenters. The Kier molecular flexibility index (Phi) is 6.41. The fraction of sp³-hybridized carbons (Fsp3) is 0.111. The first-order valence-corrected chi connectivity index (χ1v) is 8.05. The molecular weight excluding hydrogens is 396 g/mol. The Balaban J connectivity index is 1.95. The highest BCUT2D eigenvalue weighted by Gasteiger charge is 2.18. The zero-order valence-electron chi connectivity index (χ0n) is 13.1. The van der Waals surface area contributed by atoms with Crippen LogP contribution < -0.4 is 5.32 Å². The van der Waals surface area contributed by atoms with Crippen LogP contribution in [-0.2, 0) is 14.3 Å². The van der Waals surface area contributed by atoms with Crippen LogP contribution in [0.2, 0.25) is 0 Å². The van der Waals surface area contributed by atoms with E-state index in [1.54, 1.807) is 12.1 Å². The summed E-state index contributed by atoms with van der Waals surface area (Å²) in [7, 11) is 0. The van der Waals surface area contributed by atoms with Crippen molar-refractivity contribution in [3.05, 3.63) is 70.2 Å². The number of halogens is 3. The van der Waals surface area contributed by atoms with Crippen molar-refractivity contribution < 1.29 is 23.1 Å². The van der Waals surface area contributed by atoms with E-state index in [9.17, 15) is 18.4 Å². The lowest BCUT2D eigenvalue weighted by Crippen LogP contribution is -2.29. The van der Waals surface area contributed by atoms with E-state index in [-0.39, 0.29) is 5.69 Å². The topological polar surface area (TPSA) is 55.4 Å². The Hall–Kier alpha value is -2.54. The lowest BCUT2D eigenvalue weighted by molar-refractivity contribution is -0.148. The molecular formula is C18H14BrF2NO3. The molecule has 0 heterocycles. The van der Waals surface area contributed by atoms with Gasteiger partial charge < -0.3 is 10.1 Å². The van der Waals surface area contributed by atoms with E-state index in [1.807, 2.05) is 12.1 Å². The van der Waals surface area contributed by atoms with Gasteiger partial charge >= 0.3 is 5.97 Å². The largest absolute Gasteiger partial charge is 0.449 e. The second-order valence-electron chi connectivity index (χ2n) is 5.05. The first-order valence-electron chi connectivity index (χ1n) is 7.26. The monoisotopic (exact) mass is 409 g/mol. The van der Waals surface area contributed by atoms with Crippen LogP contribution in [0.5, 0.6) is 0 Å². The summed E-state index contributed by atoms with van der Waals surface area (Å²) in [5.41, 5.74) is 0.440. The number of esters is 1. The number of carbonyl (C=O) groups is 2. The average Bonchev–Trinajstić information content (AvgIpc) is 2.57. The van der Waals surface area contributed by atoms with Gasteiger partial charge in [0.2, 0.25) is 0 Å². The van der Waals surface area contributed by atoms with E-state index >= 15 is 0 Å². The molecule has 2 aromatic carbocycles. The SMILES string of the molecule is C[C@H](OC(=O)/C=C/c1ccccc1Br)C(=O)Nc1cc(F)ccc1F. The molecule has 2 rings (SSSR count). The third-order valence-electron chi connectivity index (χ3n) is 3.15. The van der Waals surface area contributed by atoms with Gasteiger partial charge in [0.15, 0.2) is 6.10 Å². The van der Waals surface area contributed by atoms with E-state index in [0.717, 1.165) is 28.2 Å². The number of carbonyl (C=O) groups excluding carboxylic acids is 2. The summed E-state index contributed by atoms with van der Waals surface area (Å²) in [6.07, 6.45) is 1.52. The third-order valence-corrected chi connectivity index (χ3v) is 3.87. The van der Waals surface area contributed by atoms with E-state index in [2.05, 4.69) is 21.2 Å². The molecule has 0 bridgehead atoms. The molecule has 0 fully saturated rings. The Morgan fingerprint density at radius 1 is 1.20 bits per heavy atom. The van der Waals surface area contributed by atoms with Gasteiger partial charge in [-0.3, -0.25) is 4.79 Å². The smallest absolute Gasteiger partial charge is 0.331 e. The zero-order chi connectivity index (χ0) is 18.4. The summed E-state index contributed by atoms with van der Waals surface area (Å²) >= 11 is 3.34. The fourth-order valence-electron chi connectivity index (χ4n) is 1.86. The summed E-state index contributed by atoms with van der Waals surface area (Å²) in [5.74, 6) is -3.00. The van der Waals surface area contributed by atoms with Gasteiger partial charge in [-0.25, -0.2) is 13.6 Å². The highest BCUT2D eigenvalue weighted by molar-refractivity contribution is 9.10. The molecule has 0 aromatic heterocycles. The predicted octanol–water partition coefficient (Wildman–Crippen LogP) is 4.31. The molecule has 0 saturated heterocycles.